The molecule has 5 heteroatoms. The van der Waals surface area contributed by atoms with Gasteiger partial charge in [0.1, 0.15) is 5.75 Å². The standard InChI is InChI=1S/C14H21NO4/c1-18-11-5-8-15(9-10-16)14(17)12-19-13-6-3-2-4-7-13/h2-4,6-7,16H,5,8-12H2,1H3. The molecule has 0 bridgehead atoms. The minimum atomic E-state index is -0.131. The molecule has 19 heavy (non-hydrogen) atoms. The van der Waals surface area contributed by atoms with Crippen molar-refractivity contribution >= 4 is 5.91 Å². The molecular weight excluding hydrogens is 246 g/mol. The van der Waals surface area contributed by atoms with E-state index < -0.39 is 0 Å². The third kappa shape index (κ3) is 6.22. The molecule has 0 aliphatic rings. The highest BCUT2D eigenvalue weighted by molar-refractivity contribution is 5.77. The highest BCUT2D eigenvalue weighted by Gasteiger charge is 2.13. The monoisotopic (exact) mass is 267 g/mol. The Morgan fingerprint density at radius 1 is 1.26 bits per heavy atom. The zero-order valence-corrected chi connectivity index (χ0v) is 11.2. The molecule has 1 aromatic rings. The molecule has 1 amide bonds. The maximum absolute atomic E-state index is 11.9. The zero-order chi connectivity index (χ0) is 13.9. The number of amides is 1. The summed E-state index contributed by atoms with van der Waals surface area (Å²) in [7, 11) is 1.62. The molecule has 0 atom stereocenters. The molecule has 5 nitrogen and oxygen atoms in total. The second-order valence-electron chi connectivity index (χ2n) is 4.05. The van der Waals surface area contributed by atoms with Crippen LogP contribution < -0.4 is 4.74 Å². The Hall–Kier alpha value is -1.59. The molecule has 0 radical (unpaired) electrons. The van der Waals surface area contributed by atoms with Gasteiger partial charge >= 0.3 is 0 Å². The van der Waals surface area contributed by atoms with Gasteiger partial charge in [0.15, 0.2) is 6.61 Å². The van der Waals surface area contributed by atoms with Gasteiger partial charge in [0, 0.05) is 26.8 Å². The summed E-state index contributed by atoms with van der Waals surface area (Å²) in [6.45, 7) is 1.40. The topological polar surface area (TPSA) is 59.0 Å². The van der Waals surface area contributed by atoms with Crippen molar-refractivity contribution < 1.29 is 19.4 Å². The highest BCUT2D eigenvalue weighted by Crippen LogP contribution is 2.08. The Morgan fingerprint density at radius 2 is 2.00 bits per heavy atom. The quantitative estimate of drug-likeness (QED) is 0.676. The van der Waals surface area contributed by atoms with Crippen molar-refractivity contribution in [3.8, 4) is 5.75 Å². The lowest BCUT2D eigenvalue weighted by molar-refractivity contribution is -0.134. The number of aliphatic hydroxyl groups excluding tert-OH is 1. The molecule has 106 valence electrons. The van der Waals surface area contributed by atoms with Crippen LogP contribution in [0.1, 0.15) is 6.42 Å². The summed E-state index contributed by atoms with van der Waals surface area (Å²) in [5.41, 5.74) is 0. The molecular formula is C14H21NO4. The molecule has 1 N–H and O–H groups in total. The predicted molar refractivity (Wildman–Crippen MR) is 72.1 cm³/mol. The number of hydrogen-bond acceptors (Lipinski definition) is 4. The van der Waals surface area contributed by atoms with E-state index in [0.29, 0.717) is 25.4 Å². The van der Waals surface area contributed by atoms with E-state index in [9.17, 15) is 4.79 Å². The molecule has 0 fully saturated rings. The summed E-state index contributed by atoms with van der Waals surface area (Å²) in [4.78, 5) is 13.5. The molecule has 0 aromatic heterocycles. The molecule has 0 unspecified atom stereocenters. The van der Waals surface area contributed by atoms with E-state index in [2.05, 4.69) is 0 Å². The van der Waals surface area contributed by atoms with E-state index in [-0.39, 0.29) is 19.1 Å². The number of rotatable bonds is 9. The first-order valence-corrected chi connectivity index (χ1v) is 6.33. The van der Waals surface area contributed by atoms with E-state index in [0.717, 1.165) is 6.42 Å². The van der Waals surface area contributed by atoms with Gasteiger partial charge in [0.2, 0.25) is 0 Å². The smallest absolute Gasteiger partial charge is 0.260 e. The van der Waals surface area contributed by atoms with Gasteiger partial charge < -0.3 is 19.5 Å². The van der Waals surface area contributed by atoms with Gasteiger partial charge in [-0.05, 0) is 18.6 Å². The van der Waals surface area contributed by atoms with Gasteiger partial charge in [0.25, 0.3) is 5.91 Å². The lowest BCUT2D eigenvalue weighted by Crippen LogP contribution is -2.38. The largest absolute Gasteiger partial charge is 0.484 e. The van der Waals surface area contributed by atoms with Crippen molar-refractivity contribution in [3.05, 3.63) is 30.3 Å². The van der Waals surface area contributed by atoms with Gasteiger partial charge in [0.05, 0.1) is 6.61 Å². The van der Waals surface area contributed by atoms with E-state index >= 15 is 0 Å². The Bertz CT molecular complexity index is 356. The van der Waals surface area contributed by atoms with E-state index in [1.165, 1.54) is 0 Å². The summed E-state index contributed by atoms with van der Waals surface area (Å²) in [6, 6.07) is 9.19. The molecule has 0 spiro atoms. The fourth-order valence-electron chi connectivity index (χ4n) is 1.63. The maximum Gasteiger partial charge on any atom is 0.260 e. The average molecular weight is 267 g/mol. The summed E-state index contributed by atoms with van der Waals surface area (Å²) >= 11 is 0. The number of ether oxygens (including phenoxy) is 2. The Balaban J connectivity index is 2.38. The fraction of sp³-hybridized carbons (Fsp3) is 0.500. The van der Waals surface area contributed by atoms with Gasteiger partial charge in [-0.1, -0.05) is 18.2 Å². The van der Waals surface area contributed by atoms with Crippen LogP contribution in [0, 0.1) is 0 Å². The third-order valence-electron chi connectivity index (χ3n) is 2.60. The molecule has 0 aliphatic heterocycles. The minimum Gasteiger partial charge on any atom is -0.484 e. The SMILES string of the molecule is COCCCN(CCO)C(=O)COc1ccccc1. The van der Waals surface area contributed by atoms with Crippen LogP contribution in [0.25, 0.3) is 0 Å². The van der Waals surface area contributed by atoms with Crippen LogP contribution in [0.3, 0.4) is 0 Å². The van der Waals surface area contributed by atoms with Crippen molar-refractivity contribution in [1.29, 1.82) is 0 Å². The number of benzene rings is 1. The zero-order valence-electron chi connectivity index (χ0n) is 11.2. The van der Waals surface area contributed by atoms with Crippen molar-refractivity contribution in [3.63, 3.8) is 0 Å². The van der Waals surface area contributed by atoms with E-state index in [4.69, 9.17) is 14.6 Å². The molecule has 1 rings (SSSR count). The lowest BCUT2D eigenvalue weighted by Gasteiger charge is -2.21. The second kappa shape index (κ2) is 9.35. The highest BCUT2D eigenvalue weighted by atomic mass is 16.5. The van der Waals surface area contributed by atoms with Crippen LogP contribution in [0.2, 0.25) is 0 Å². The molecule has 0 saturated heterocycles. The number of carbonyl (C=O) groups excluding carboxylic acids is 1. The van der Waals surface area contributed by atoms with Gasteiger partial charge in [-0.25, -0.2) is 0 Å². The molecule has 0 saturated carbocycles. The maximum atomic E-state index is 11.9. The van der Waals surface area contributed by atoms with Gasteiger partial charge in [-0.2, -0.15) is 0 Å². The van der Waals surface area contributed by atoms with Crippen molar-refractivity contribution in [2.75, 3.05) is 40.0 Å². The summed E-state index contributed by atoms with van der Waals surface area (Å²) in [5, 5.41) is 8.96. The van der Waals surface area contributed by atoms with Crippen LogP contribution in [-0.2, 0) is 9.53 Å². The first-order valence-electron chi connectivity index (χ1n) is 6.33. The average Bonchev–Trinajstić information content (AvgIpc) is 2.45. The Labute approximate surface area is 113 Å². The number of methoxy groups -OCH3 is 1. The molecule has 0 aliphatic carbocycles. The van der Waals surface area contributed by atoms with Gasteiger partial charge in [-0.15, -0.1) is 0 Å². The summed E-state index contributed by atoms with van der Waals surface area (Å²) < 4.78 is 10.3. The van der Waals surface area contributed by atoms with Crippen LogP contribution in [0.15, 0.2) is 30.3 Å². The van der Waals surface area contributed by atoms with Crippen molar-refractivity contribution in [2.45, 2.75) is 6.42 Å². The second-order valence-corrected chi connectivity index (χ2v) is 4.05. The number of hydrogen-bond donors (Lipinski definition) is 1. The van der Waals surface area contributed by atoms with Gasteiger partial charge in [-0.3, -0.25) is 4.79 Å². The Morgan fingerprint density at radius 3 is 2.63 bits per heavy atom. The van der Waals surface area contributed by atoms with Crippen molar-refractivity contribution in [1.82, 2.24) is 4.90 Å². The minimum absolute atomic E-state index is 0.0169. The fourth-order valence-corrected chi connectivity index (χ4v) is 1.63. The predicted octanol–water partition coefficient (Wildman–Crippen LogP) is 0.923. The third-order valence-corrected chi connectivity index (χ3v) is 2.60. The number of para-hydroxylation sites is 1. The van der Waals surface area contributed by atoms with Crippen LogP contribution in [0.4, 0.5) is 0 Å². The number of nitrogens with zero attached hydrogens (tertiary/aromatic N) is 1. The summed E-state index contributed by atoms with van der Waals surface area (Å²) in [5.74, 6) is 0.533. The summed E-state index contributed by atoms with van der Waals surface area (Å²) in [6.07, 6.45) is 0.744. The number of aliphatic hydroxyl groups is 1. The van der Waals surface area contributed by atoms with E-state index in [1.807, 2.05) is 18.2 Å². The van der Waals surface area contributed by atoms with Crippen LogP contribution in [-0.4, -0.2) is 55.9 Å². The van der Waals surface area contributed by atoms with E-state index in [1.54, 1.807) is 24.1 Å². The molecule has 0 heterocycles. The lowest BCUT2D eigenvalue weighted by atomic mass is 10.3. The normalized spacial score (nSPS) is 10.2. The van der Waals surface area contributed by atoms with Crippen LogP contribution in [0.5, 0.6) is 5.75 Å². The number of carbonyl (C=O) groups is 1. The first kappa shape index (κ1) is 15.5. The molecule has 1 aromatic carbocycles. The van der Waals surface area contributed by atoms with Crippen LogP contribution >= 0.6 is 0 Å². The van der Waals surface area contributed by atoms with Crippen molar-refractivity contribution in [2.24, 2.45) is 0 Å². The Kier molecular flexibility index (Phi) is 7.62. The first-order chi connectivity index (χ1) is 9.27.